The molecule has 0 aliphatic heterocycles. The van der Waals surface area contributed by atoms with Crippen molar-refractivity contribution in [1.82, 2.24) is 4.90 Å². The molecular weight excluding hydrogens is 280 g/mol. The number of carbonyl (C=O) groups is 2. The minimum Gasteiger partial charge on any atom is -0.465 e. The van der Waals surface area contributed by atoms with E-state index in [1.807, 2.05) is 0 Å². The average molecular weight is 297 g/mol. The van der Waals surface area contributed by atoms with Gasteiger partial charge in [-0.15, -0.1) is 0 Å². The number of carbonyl (C=O) groups excluding carboxylic acids is 2. The molecule has 1 aromatic carbocycles. The maximum absolute atomic E-state index is 13.6. The van der Waals surface area contributed by atoms with Crippen molar-refractivity contribution in [3.05, 3.63) is 35.4 Å². The number of esters is 1. The first-order valence-electron chi connectivity index (χ1n) is 6.72. The molecule has 0 bridgehead atoms. The van der Waals surface area contributed by atoms with Crippen LogP contribution in [0, 0.1) is 17.6 Å². The van der Waals surface area contributed by atoms with E-state index in [1.54, 1.807) is 14.1 Å². The lowest BCUT2D eigenvalue weighted by atomic mass is 10.1. The molecule has 2 rings (SSSR count). The Labute approximate surface area is 121 Å². The fourth-order valence-electron chi connectivity index (χ4n) is 2.17. The zero-order valence-electron chi connectivity index (χ0n) is 11.9. The standard InChI is InChI=1S/C15H17F2NO3/c1-18(2)14(19)5-6-21-15(20)12-8-10(12)11-7-9(16)3-4-13(11)17/h3-4,7,10,12H,5-6,8H2,1-2H3/t10-,12-/m0/s1. The molecule has 0 heterocycles. The second-order valence-electron chi connectivity index (χ2n) is 5.32. The minimum absolute atomic E-state index is 0.00466. The second kappa shape index (κ2) is 6.20. The summed E-state index contributed by atoms with van der Waals surface area (Å²) in [4.78, 5) is 24.5. The predicted octanol–water partition coefficient (Wildman–Crippen LogP) is 2.09. The molecule has 2 atom stereocenters. The van der Waals surface area contributed by atoms with E-state index in [2.05, 4.69) is 0 Å². The molecule has 6 heteroatoms. The molecule has 1 amide bonds. The Kier molecular flexibility index (Phi) is 4.55. The van der Waals surface area contributed by atoms with Crippen molar-refractivity contribution in [3.8, 4) is 0 Å². The number of hydrogen-bond donors (Lipinski definition) is 0. The van der Waals surface area contributed by atoms with Crippen molar-refractivity contribution >= 4 is 11.9 Å². The Bertz CT molecular complexity index is 560. The van der Waals surface area contributed by atoms with Gasteiger partial charge in [0.25, 0.3) is 0 Å². The zero-order chi connectivity index (χ0) is 15.6. The Morgan fingerprint density at radius 1 is 1.33 bits per heavy atom. The van der Waals surface area contributed by atoms with Crippen LogP contribution in [0.2, 0.25) is 0 Å². The van der Waals surface area contributed by atoms with Crippen LogP contribution in [0.25, 0.3) is 0 Å². The molecule has 1 aliphatic carbocycles. The highest BCUT2D eigenvalue weighted by Gasteiger charge is 2.46. The fraction of sp³-hybridized carbons (Fsp3) is 0.467. The van der Waals surface area contributed by atoms with Gasteiger partial charge in [0.05, 0.1) is 12.3 Å². The van der Waals surface area contributed by atoms with Crippen LogP contribution in [0.3, 0.4) is 0 Å². The van der Waals surface area contributed by atoms with Crippen molar-refractivity contribution < 1.29 is 23.1 Å². The smallest absolute Gasteiger partial charge is 0.309 e. The average Bonchev–Trinajstić information content (AvgIpc) is 3.21. The van der Waals surface area contributed by atoms with Crippen LogP contribution in [0.1, 0.15) is 24.3 Å². The van der Waals surface area contributed by atoms with Gasteiger partial charge < -0.3 is 9.64 Å². The summed E-state index contributed by atoms with van der Waals surface area (Å²) in [5.74, 6) is -2.42. The lowest BCUT2D eigenvalue weighted by molar-refractivity contribution is -0.146. The van der Waals surface area contributed by atoms with E-state index in [9.17, 15) is 18.4 Å². The number of rotatable bonds is 5. The third-order valence-corrected chi connectivity index (χ3v) is 3.51. The van der Waals surface area contributed by atoms with Gasteiger partial charge in [0, 0.05) is 20.0 Å². The lowest BCUT2D eigenvalue weighted by Crippen LogP contribution is -2.23. The van der Waals surface area contributed by atoms with Gasteiger partial charge in [-0.1, -0.05) is 0 Å². The summed E-state index contributed by atoms with van der Waals surface area (Å²) in [5, 5.41) is 0. The first-order chi connectivity index (χ1) is 9.90. The van der Waals surface area contributed by atoms with E-state index in [0.29, 0.717) is 6.42 Å². The summed E-state index contributed by atoms with van der Waals surface area (Å²) in [6.07, 6.45) is 0.561. The van der Waals surface area contributed by atoms with E-state index in [4.69, 9.17) is 4.74 Å². The number of nitrogens with zero attached hydrogens (tertiary/aromatic N) is 1. The van der Waals surface area contributed by atoms with Gasteiger partial charge in [-0.3, -0.25) is 9.59 Å². The number of benzene rings is 1. The molecule has 0 spiro atoms. The third kappa shape index (κ3) is 3.77. The lowest BCUT2D eigenvalue weighted by Gasteiger charge is -2.10. The van der Waals surface area contributed by atoms with Crippen LogP contribution in [0.5, 0.6) is 0 Å². The van der Waals surface area contributed by atoms with Crippen LogP contribution >= 0.6 is 0 Å². The normalized spacial score (nSPS) is 20.0. The molecule has 1 fully saturated rings. The van der Waals surface area contributed by atoms with Crippen LogP contribution in [-0.2, 0) is 14.3 Å². The first-order valence-corrected chi connectivity index (χ1v) is 6.72. The van der Waals surface area contributed by atoms with E-state index < -0.39 is 23.5 Å². The van der Waals surface area contributed by atoms with Gasteiger partial charge in [-0.25, -0.2) is 8.78 Å². The van der Waals surface area contributed by atoms with Crippen LogP contribution in [0.15, 0.2) is 18.2 Å². The molecule has 1 saturated carbocycles. The topological polar surface area (TPSA) is 46.6 Å². The molecule has 0 radical (unpaired) electrons. The summed E-state index contributed by atoms with van der Waals surface area (Å²) < 4.78 is 31.7. The van der Waals surface area contributed by atoms with Crippen LogP contribution in [0.4, 0.5) is 8.78 Å². The van der Waals surface area contributed by atoms with Gasteiger partial charge in [-0.2, -0.15) is 0 Å². The Balaban J connectivity index is 1.84. The largest absolute Gasteiger partial charge is 0.465 e. The van der Waals surface area contributed by atoms with Crippen molar-refractivity contribution in [1.29, 1.82) is 0 Å². The number of ether oxygens (including phenoxy) is 1. The van der Waals surface area contributed by atoms with Gasteiger partial charge in [0.1, 0.15) is 18.2 Å². The van der Waals surface area contributed by atoms with E-state index in [0.717, 1.165) is 18.2 Å². The molecule has 1 aliphatic rings. The molecule has 114 valence electrons. The Morgan fingerprint density at radius 2 is 2.05 bits per heavy atom. The summed E-state index contributed by atoms with van der Waals surface area (Å²) in [7, 11) is 3.24. The monoisotopic (exact) mass is 297 g/mol. The molecule has 21 heavy (non-hydrogen) atoms. The second-order valence-corrected chi connectivity index (χ2v) is 5.32. The van der Waals surface area contributed by atoms with Gasteiger partial charge >= 0.3 is 5.97 Å². The minimum atomic E-state index is -0.526. The van der Waals surface area contributed by atoms with E-state index >= 15 is 0 Å². The number of halogens is 2. The highest BCUT2D eigenvalue weighted by molar-refractivity contribution is 5.79. The molecule has 0 aromatic heterocycles. The van der Waals surface area contributed by atoms with Crippen molar-refractivity contribution in [3.63, 3.8) is 0 Å². The van der Waals surface area contributed by atoms with Gasteiger partial charge in [0.2, 0.25) is 5.91 Å². The highest BCUT2D eigenvalue weighted by Crippen LogP contribution is 2.49. The molecule has 0 N–H and O–H groups in total. The highest BCUT2D eigenvalue weighted by atomic mass is 19.1. The zero-order valence-corrected chi connectivity index (χ0v) is 11.9. The fourth-order valence-corrected chi connectivity index (χ4v) is 2.17. The SMILES string of the molecule is CN(C)C(=O)CCOC(=O)[C@H]1C[C@H]1c1cc(F)ccc1F. The van der Waals surface area contributed by atoms with Gasteiger partial charge in [-0.05, 0) is 30.2 Å². The molecular formula is C15H17F2NO3. The van der Waals surface area contributed by atoms with Crippen LogP contribution in [-0.4, -0.2) is 37.5 Å². The predicted molar refractivity (Wildman–Crippen MR) is 71.5 cm³/mol. The van der Waals surface area contributed by atoms with Crippen molar-refractivity contribution in [2.75, 3.05) is 20.7 Å². The van der Waals surface area contributed by atoms with Crippen molar-refractivity contribution in [2.24, 2.45) is 5.92 Å². The maximum atomic E-state index is 13.6. The molecule has 4 nitrogen and oxygen atoms in total. The third-order valence-electron chi connectivity index (χ3n) is 3.51. The Morgan fingerprint density at radius 3 is 2.71 bits per heavy atom. The quantitative estimate of drug-likeness (QED) is 0.782. The summed E-state index contributed by atoms with van der Waals surface area (Å²) in [5.41, 5.74) is 0.210. The van der Waals surface area contributed by atoms with Gasteiger partial charge in [0.15, 0.2) is 0 Å². The van der Waals surface area contributed by atoms with Crippen molar-refractivity contribution in [2.45, 2.75) is 18.8 Å². The van der Waals surface area contributed by atoms with E-state index in [1.165, 1.54) is 4.90 Å². The van der Waals surface area contributed by atoms with E-state index in [-0.39, 0.29) is 30.4 Å². The maximum Gasteiger partial charge on any atom is 0.309 e. The summed E-state index contributed by atoms with van der Waals surface area (Å²) in [6, 6.07) is 3.21. The molecule has 1 aromatic rings. The summed E-state index contributed by atoms with van der Waals surface area (Å²) >= 11 is 0. The number of hydrogen-bond acceptors (Lipinski definition) is 3. The number of amides is 1. The Hall–Kier alpha value is -1.98. The van der Waals surface area contributed by atoms with Crippen LogP contribution < -0.4 is 0 Å². The first kappa shape index (κ1) is 15.4. The molecule has 0 saturated heterocycles. The molecule has 0 unspecified atom stereocenters. The summed E-state index contributed by atoms with van der Waals surface area (Å²) in [6.45, 7) is 0.00466.